The number of carbonyl (C=O) groups excluding carboxylic acids is 4. The number of hydrogen-bond donors (Lipinski definition) is 2. The van der Waals surface area contributed by atoms with Crippen molar-refractivity contribution in [3.8, 4) is 11.5 Å². The molecule has 1 saturated heterocycles. The quantitative estimate of drug-likeness (QED) is 0.279. The molecule has 2 N–H and O–H groups in total. The fourth-order valence-electron chi connectivity index (χ4n) is 4.81. The summed E-state index contributed by atoms with van der Waals surface area (Å²) in [6, 6.07) is 17.6. The molecule has 43 heavy (non-hydrogen) atoms. The topological polar surface area (TPSA) is 132 Å². The Morgan fingerprint density at radius 2 is 1.67 bits per heavy atom. The van der Waals surface area contributed by atoms with Crippen molar-refractivity contribution in [1.82, 2.24) is 4.90 Å². The molecule has 0 radical (unpaired) electrons. The van der Waals surface area contributed by atoms with E-state index in [1.54, 1.807) is 71.6 Å². The van der Waals surface area contributed by atoms with Crippen molar-refractivity contribution in [2.24, 2.45) is 0 Å². The Labute approximate surface area is 254 Å². The Morgan fingerprint density at radius 3 is 2.35 bits per heavy atom. The number of nitrogens with one attached hydrogen (secondary N) is 2. The molecule has 0 bridgehead atoms. The number of likely N-dealkylation sites (tertiary alicyclic amines) is 1. The predicted molar refractivity (Wildman–Crippen MR) is 160 cm³/mol. The van der Waals surface area contributed by atoms with Crippen LogP contribution in [0.1, 0.15) is 35.7 Å². The molecule has 3 aromatic rings. The molecule has 0 aromatic heterocycles. The van der Waals surface area contributed by atoms with Gasteiger partial charge in [-0.1, -0.05) is 29.8 Å². The zero-order valence-corrected chi connectivity index (χ0v) is 24.7. The van der Waals surface area contributed by atoms with E-state index in [0.29, 0.717) is 58.4 Å². The molecular weight excluding hydrogens is 578 g/mol. The summed E-state index contributed by atoms with van der Waals surface area (Å²) in [6.45, 7) is 1.70. The van der Waals surface area contributed by atoms with Gasteiger partial charge in [-0.25, -0.2) is 14.5 Å². The van der Waals surface area contributed by atoms with Gasteiger partial charge in [-0.3, -0.25) is 9.59 Å². The maximum absolute atomic E-state index is 13.8. The van der Waals surface area contributed by atoms with Gasteiger partial charge in [-0.15, -0.1) is 0 Å². The molecule has 11 nitrogen and oxygen atoms in total. The lowest BCUT2D eigenvalue weighted by Crippen LogP contribution is -2.55. The lowest BCUT2D eigenvalue weighted by molar-refractivity contribution is -0.188. The summed E-state index contributed by atoms with van der Waals surface area (Å²) in [6.07, 6.45) is 0.839. The Bertz CT molecular complexity index is 1500. The third kappa shape index (κ3) is 7.62. The molecule has 226 valence electrons. The number of amides is 2. The molecule has 1 aliphatic rings. The fourth-order valence-corrected chi connectivity index (χ4v) is 4.99. The van der Waals surface area contributed by atoms with Crippen LogP contribution in [0, 0.1) is 0 Å². The molecule has 2 amide bonds. The maximum atomic E-state index is 13.8. The summed E-state index contributed by atoms with van der Waals surface area (Å²) in [5, 5.41) is 5.79. The number of esters is 2. The van der Waals surface area contributed by atoms with E-state index in [2.05, 4.69) is 10.6 Å². The minimum absolute atomic E-state index is 0.0245. The average molecular weight is 610 g/mol. The van der Waals surface area contributed by atoms with E-state index >= 15 is 0 Å². The number of methoxy groups -OCH3 is 2. The number of hydrogen-bond acceptors (Lipinski definition) is 9. The van der Waals surface area contributed by atoms with Crippen LogP contribution in [0.4, 0.5) is 16.2 Å². The number of urea groups is 1. The second-order valence-corrected chi connectivity index (χ2v) is 10.1. The number of ketones is 1. The van der Waals surface area contributed by atoms with Crippen molar-refractivity contribution >= 4 is 46.7 Å². The molecule has 1 heterocycles. The standard InChI is InChI=1S/C31H32ClN3O8/c1-20(36)43-31(15-6-16-35(31)19-42-23-12-10-22(11-13-23)29(38)41-3)28(37)18-21-9-14-26(27(17-21)40-2)34-30(39)33-25-8-5-4-7-24(25)32/h4-5,7-14,17H,6,15-16,18-19H2,1-3H3,(H2,33,34,39). The van der Waals surface area contributed by atoms with Crippen molar-refractivity contribution in [2.75, 3.05) is 38.1 Å². The lowest BCUT2D eigenvalue weighted by atomic mass is 9.97. The summed E-state index contributed by atoms with van der Waals surface area (Å²) in [4.78, 5) is 51.9. The van der Waals surface area contributed by atoms with E-state index in [9.17, 15) is 19.2 Å². The number of ether oxygens (including phenoxy) is 4. The second-order valence-electron chi connectivity index (χ2n) is 9.73. The number of nitrogens with zero attached hydrogens (tertiary/aromatic N) is 1. The van der Waals surface area contributed by atoms with Crippen LogP contribution in [-0.4, -0.2) is 61.9 Å². The highest BCUT2D eigenvalue weighted by Gasteiger charge is 2.50. The maximum Gasteiger partial charge on any atom is 0.337 e. The highest BCUT2D eigenvalue weighted by Crippen LogP contribution is 2.34. The third-order valence-electron chi connectivity index (χ3n) is 6.87. The molecule has 0 aliphatic carbocycles. The van der Waals surface area contributed by atoms with Crippen LogP contribution in [0.2, 0.25) is 5.02 Å². The van der Waals surface area contributed by atoms with Crippen LogP contribution in [0.25, 0.3) is 0 Å². The zero-order valence-electron chi connectivity index (χ0n) is 24.0. The first-order valence-corrected chi connectivity index (χ1v) is 13.8. The SMILES string of the molecule is COC(=O)c1ccc(OCN2CCCC2(OC(C)=O)C(=O)Cc2ccc(NC(=O)Nc3ccccc3Cl)c(OC)c2)cc1. The minimum Gasteiger partial charge on any atom is -0.495 e. The highest BCUT2D eigenvalue weighted by atomic mass is 35.5. The van der Waals surface area contributed by atoms with Crippen LogP contribution < -0.4 is 20.1 Å². The van der Waals surface area contributed by atoms with Gasteiger partial charge in [0.25, 0.3) is 0 Å². The molecule has 4 rings (SSSR count). The minimum atomic E-state index is -1.52. The molecular formula is C31H32ClN3O8. The molecule has 3 aromatic carbocycles. The van der Waals surface area contributed by atoms with Crippen molar-refractivity contribution in [1.29, 1.82) is 0 Å². The van der Waals surface area contributed by atoms with E-state index in [-0.39, 0.29) is 18.9 Å². The molecule has 1 unspecified atom stereocenters. The Kier molecular flexibility index (Phi) is 10.2. The Hall–Kier alpha value is -4.61. The normalized spacial score (nSPS) is 16.2. The van der Waals surface area contributed by atoms with Crippen molar-refractivity contribution in [2.45, 2.75) is 31.9 Å². The van der Waals surface area contributed by atoms with Gasteiger partial charge in [-0.05, 0) is 60.5 Å². The number of rotatable bonds is 11. The first kappa shape index (κ1) is 31.3. The molecule has 0 spiro atoms. The van der Waals surface area contributed by atoms with Gasteiger partial charge >= 0.3 is 18.0 Å². The van der Waals surface area contributed by atoms with E-state index in [1.165, 1.54) is 21.1 Å². The van der Waals surface area contributed by atoms with Gasteiger partial charge in [0.2, 0.25) is 5.72 Å². The number of halogens is 1. The number of anilines is 2. The van der Waals surface area contributed by atoms with Gasteiger partial charge in [-0.2, -0.15) is 0 Å². The monoisotopic (exact) mass is 609 g/mol. The molecule has 1 fully saturated rings. The van der Waals surface area contributed by atoms with Crippen molar-refractivity contribution < 1.29 is 38.1 Å². The van der Waals surface area contributed by atoms with Crippen LogP contribution in [0.5, 0.6) is 11.5 Å². The van der Waals surface area contributed by atoms with Gasteiger partial charge in [0.1, 0.15) is 18.2 Å². The summed E-state index contributed by atoms with van der Waals surface area (Å²) >= 11 is 6.12. The largest absolute Gasteiger partial charge is 0.495 e. The smallest absolute Gasteiger partial charge is 0.337 e. The highest BCUT2D eigenvalue weighted by molar-refractivity contribution is 6.33. The van der Waals surface area contributed by atoms with E-state index in [4.69, 9.17) is 30.5 Å². The van der Waals surface area contributed by atoms with E-state index < -0.39 is 23.7 Å². The van der Waals surface area contributed by atoms with Crippen LogP contribution in [-0.2, 0) is 25.5 Å². The lowest BCUT2D eigenvalue weighted by Gasteiger charge is -2.35. The summed E-state index contributed by atoms with van der Waals surface area (Å²) < 4.78 is 21.8. The Morgan fingerprint density at radius 1 is 0.953 bits per heavy atom. The fraction of sp³-hybridized carbons (Fsp3) is 0.290. The van der Waals surface area contributed by atoms with Gasteiger partial charge in [0.15, 0.2) is 5.78 Å². The van der Waals surface area contributed by atoms with Crippen LogP contribution in [0.3, 0.4) is 0 Å². The number of para-hydroxylation sites is 1. The number of Topliss-reactive ketones (excluding diaryl/α,β-unsaturated/α-hetero) is 1. The zero-order chi connectivity index (χ0) is 31.0. The van der Waals surface area contributed by atoms with Gasteiger partial charge in [0, 0.05) is 26.3 Å². The van der Waals surface area contributed by atoms with Gasteiger partial charge < -0.3 is 29.6 Å². The second kappa shape index (κ2) is 14.0. The van der Waals surface area contributed by atoms with Gasteiger partial charge in [0.05, 0.1) is 36.2 Å². The number of carbonyl (C=O) groups is 4. The van der Waals surface area contributed by atoms with Crippen molar-refractivity contribution in [3.63, 3.8) is 0 Å². The molecule has 1 aliphatic heterocycles. The first-order chi connectivity index (χ1) is 20.6. The summed E-state index contributed by atoms with van der Waals surface area (Å²) in [5.74, 6) is -0.585. The van der Waals surface area contributed by atoms with Crippen LogP contribution >= 0.6 is 11.6 Å². The Balaban J connectivity index is 1.46. The summed E-state index contributed by atoms with van der Waals surface area (Å²) in [7, 11) is 2.75. The molecule has 1 atom stereocenters. The van der Waals surface area contributed by atoms with Crippen molar-refractivity contribution in [3.05, 3.63) is 82.9 Å². The number of benzene rings is 3. The first-order valence-electron chi connectivity index (χ1n) is 13.4. The average Bonchev–Trinajstić information content (AvgIpc) is 3.40. The van der Waals surface area contributed by atoms with E-state index in [1.807, 2.05) is 0 Å². The van der Waals surface area contributed by atoms with E-state index in [0.717, 1.165) is 0 Å². The summed E-state index contributed by atoms with van der Waals surface area (Å²) in [5.41, 5.74) is 0.278. The predicted octanol–water partition coefficient (Wildman–Crippen LogP) is 5.28. The van der Waals surface area contributed by atoms with Crippen LogP contribution in [0.15, 0.2) is 66.7 Å². The molecule has 0 saturated carbocycles. The third-order valence-corrected chi connectivity index (χ3v) is 7.20. The molecule has 12 heteroatoms.